The minimum absolute atomic E-state index is 0.0638. The topological polar surface area (TPSA) is 78.9 Å². The molecule has 2 atom stereocenters. The van der Waals surface area contributed by atoms with Gasteiger partial charge in [-0.25, -0.2) is 0 Å². The van der Waals surface area contributed by atoms with Gasteiger partial charge in [0.1, 0.15) is 13.2 Å². The van der Waals surface area contributed by atoms with E-state index in [1.807, 2.05) is 0 Å². The van der Waals surface area contributed by atoms with Gasteiger partial charge in [0.2, 0.25) is 0 Å². The Hall–Kier alpha value is -1.59. The molecular formula is C53H102O6. The summed E-state index contributed by atoms with van der Waals surface area (Å²) >= 11 is 0. The van der Waals surface area contributed by atoms with Gasteiger partial charge in [0, 0.05) is 19.3 Å². The van der Waals surface area contributed by atoms with Gasteiger partial charge in [-0.15, -0.1) is 0 Å². The number of hydrogen-bond acceptors (Lipinski definition) is 6. The average molecular weight is 835 g/mol. The van der Waals surface area contributed by atoms with E-state index in [1.54, 1.807) is 0 Å². The summed E-state index contributed by atoms with van der Waals surface area (Å²) in [6.45, 7) is 11.4. The second-order valence-corrected chi connectivity index (χ2v) is 18.9. The Kier molecular flexibility index (Phi) is 44.7. The van der Waals surface area contributed by atoms with Crippen molar-refractivity contribution in [3.63, 3.8) is 0 Å². The smallest absolute Gasteiger partial charge is 0.306 e. The molecule has 0 spiro atoms. The molecule has 0 aromatic carbocycles. The molecule has 0 saturated heterocycles. The Bertz CT molecular complexity index is 902. The van der Waals surface area contributed by atoms with Crippen LogP contribution in [0.2, 0.25) is 0 Å². The van der Waals surface area contributed by atoms with Gasteiger partial charge in [-0.1, -0.05) is 253 Å². The van der Waals surface area contributed by atoms with Crippen molar-refractivity contribution < 1.29 is 28.6 Å². The van der Waals surface area contributed by atoms with Crippen LogP contribution in [0.4, 0.5) is 0 Å². The van der Waals surface area contributed by atoms with Crippen LogP contribution in [-0.2, 0) is 28.6 Å². The lowest BCUT2D eigenvalue weighted by molar-refractivity contribution is -0.167. The highest BCUT2D eigenvalue weighted by Crippen LogP contribution is 2.18. The summed E-state index contributed by atoms with van der Waals surface area (Å²) in [7, 11) is 0. The lowest BCUT2D eigenvalue weighted by Crippen LogP contribution is -2.30. The summed E-state index contributed by atoms with van der Waals surface area (Å²) in [6.07, 6.45) is 46.5. The number of esters is 3. The molecule has 0 amide bonds. The number of carbonyl (C=O) groups is 3. The lowest BCUT2D eigenvalue weighted by atomic mass is 9.99. The third-order valence-electron chi connectivity index (χ3n) is 12.3. The minimum atomic E-state index is -0.762. The van der Waals surface area contributed by atoms with Crippen LogP contribution in [0.15, 0.2) is 0 Å². The summed E-state index contributed by atoms with van der Waals surface area (Å²) in [5.41, 5.74) is 0. The van der Waals surface area contributed by atoms with Gasteiger partial charge in [-0.05, 0) is 31.1 Å². The molecule has 0 aromatic rings. The molecule has 0 fully saturated rings. The second-order valence-electron chi connectivity index (χ2n) is 18.9. The summed E-state index contributed by atoms with van der Waals surface area (Å²) in [5, 5.41) is 0. The number of carbonyl (C=O) groups excluding carboxylic acids is 3. The van der Waals surface area contributed by atoms with E-state index in [0.717, 1.165) is 69.6 Å². The fourth-order valence-corrected chi connectivity index (χ4v) is 7.96. The quantitative estimate of drug-likeness (QED) is 0.0345. The van der Waals surface area contributed by atoms with E-state index in [9.17, 15) is 14.4 Å². The highest BCUT2D eigenvalue weighted by Gasteiger charge is 2.19. The summed E-state index contributed by atoms with van der Waals surface area (Å²) in [5.74, 6) is 0.834. The first kappa shape index (κ1) is 57.4. The zero-order valence-corrected chi connectivity index (χ0v) is 40.4. The zero-order valence-electron chi connectivity index (χ0n) is 40.4. The first-order valence-electron chi connectivity index (χ1n) is 26.3. The molecule has 0 radical (unpaired) electrons. The molecule has 350 valence electrons. The van der Waals surface area contributed by atoms with E-state index in [0.29, 0.717) is 19.3 Å². The van der Waals surface area contributed by atoms with Crippen LogP contribution in [-0.4, -0.2) is 37.2 Å². The summed E-state index contributed by atoms with van der Waals surface area (Å²) < 4.78 is 16.8. The Morgan fingerprint density at radius 2 is 0.644 bits per heavy atom. The van der Waals surface area contributed by atoms with Crippen LogP contribution in [0.5, 0.6) is 0 Å². The molecule has 0 rings (SSSR count). The molecule has 0 aromatic heterocycles. The standard InChI is InChI=1S/C53H102O6/c1-6-8-9-10-11-12-13-14-15-20-23-30-35-40-45-53(56)59-50(47-58-52(55)44-39-34-29-25-24-27-32-37-42-49(5)7-2)46-57-51(54)43-38-33-28-22-19-17-16-18-21-26-31-36-41-48(3)4/h48-50H,6-47H2,1-5H3/t49?,50-/m1/s1. The van der Waals surface area contributed by atoms with Gasteiger partial charge >= 0.3 is 17.9 Å². The monoisotopic (exact) mass is 835 g/mol. The van der Waals surface area contributed by atoms with Crippen LogP contribution in [0, 0.1) is 11.8 Å². The van der Waals surface area contributed by atoms with Gasteiger partial charge in [0.25, 0.3) is 0 Å². The van der Waals surface area contributed by atoms with Crippen molar-refractivity contribution in [3.8, 4) is 0 Å². The Labute approximate surface area is 368 Å². The van der Waals surface area contributed by atoms with E-state index < -0.39 is 6.10 Å². The highest BCUT2D eigenvalue weighted by molar-refractivity contribution is 5.71. The van der Waals surface area contributed by atoms with Crippen molar-refractivity contribution in [2.75, 3.05) is 13.2 Å². The molecule has 1 unspecified atom stereocenters. The molecule has 59 heavy (non-hydrogen) atoms. The third kappa shape index (κ3) is 45.8. The van der Waals surface area contributed by atoms with Crippen molar-refractivity contribution >= 4 is 17.9 Å². The first-order chi connectivity index (χ1) is 28.8. The number of hydrogen-bond donors (Lipinski definition) is 0. The summed E-state index contributed by atoms with van der Waals surface area (Å²) in [6, 6.07) is 0. The number of ether oxygens (including phenoxy) is 3. The Balaban J connectivity index is 4.32. The van der Waals surface area contributed by atoms with Crippen LogP contribution in [0.1, 0.15) is 291 Å². The first-order valence-corrected chi connectivity index (χ1v) is 26.3. The van der Waals surface area contributed by atoms with Crippen LogP contribution in [0.25, 0.3) is 0 Å². The van der Waals surface area contributed by atoms with E-state index in [-0.39, 0.29) is 31.1 Å². The molecule has 0 bridgehead atoms. The molecule has 0 saturated carbocycles. The van der Waals surface area contributed by atoms with E-state index in [2.05, 4.69) is 34.6 Å². The van der Waals surface area contributed by atoms with Crippen molar-refractivity contribution in [2.45, 2.75) is 298 Å². The predicted molar refractivity (Wildman–Crippen MR) is 252 cm³/mol. The fourth-order valence-electron chi connectivity index (χ4n) is 7.96. The number of unbranched alkanes of at least 4 members (excludes halogenated alkanes) is 31. The van der Waals surface area contributed by atoms with Gasteiger partial charge in [0.05, 0.1) is 0 Å². The van der Waals surface area contributed by atoms with E-state index in [4.69, 9.17) is 14.2 Å². The Morgan fingerprint density at radius 1 is 0.356 bits per heavy atom. The van der Waals surface area contributed by atoms with Gasteiger partial charge in [-0.2, -0.15) is 0 Å². The second kappa shape index (κ2) is 45.9. The maximum atomic E-state index is 12.8. The van der Waals surface area contributed by atoms with Crippen LogP contribution in [0.3, 0.4) is 0 Å². The maximum Gasteiger partial charge on any atom is 0.306 e. The fraction of sp³-hybridized carbons (Fsp3) is 0.943. The molecule has 6 heteroatoms. The van der Waals surface area contributed by atoms with E-state index >= 15 is 0 Å². The van der Waals surface area contributed by atoms with Crippen molar-refractivity contribution in [1.29, 1.82) is 0 Å². The zero-order chi connectivity index (χ0) is 43.3. The molecule has 0 aliphatic carbocycles. The molecule has 0 aliphatic heterocycles. The molecule has 6 nitrogen and oxygen atoms in total. The molecular weight excluding hydrogens is 733 g/mol. The van der Waals surface area contributed by atoms with Crippen molar-refractivity contribution in [3.05, 3.63) is 0 Å². The van der Waals surface area contributed by atoms with Crippen molar-refractivity contribution in [1.82, 2.24) is 0 Å². The molecule has 0 heterocycles. The Morgan fingerprint density at radius 3 is 0.966 bits per heavy atom. The minimum Gasteiger partial charge on any atom is -0.462 e. The maximum absolute atomic E-state index is 12.8. The van der Waals surface area contributed by atoms with Crippen molar-refractivity contribution in [2.24, 2.45) is 11.8 Å². The largest absolute Gasteiger partial charge is 0.462 e. The van der Waals surface area contributed by atoms with Gasteiger partial charge in [-0.3, -0.25) is 14.4 Å². The predicted octanol–water partition coefficient (Wildman–Crippen LogP) is 16.9. The van der Waals surface area contributed by atoms with Gasteiger partial charge in [0.15, 0.2) is 6.10 Å². The average Bonchev–Trinajstić information content (AvgIpc) is 3.22. The normalized spacial score (nSPS) is 12.5. The number of rotatable bonds is 47. The SMILES string of the molecule is CCCCCCCCCCCCCCCCC(=O)O[C@H](COC(=O)CCCCCCCCCCCCCCC(C)C)COC(=O)CCCCCCCCCCC(C)CC. The highest BCUT2D eigenvalue weighted by atomic mass is 16.6. The molecule has 0 N–H and O–H groups in total. The van der Waals surface area contributed by atoms with Crippen LogP contribution >= 0.6 is 0 Å². The summed E-state index contributed by atoms with van der Waals surface area (Å²) in [4.78, 5) is 38.0. The lowest BCUT2D eigenvalue weighted by Gasteiger charge is -2.18. The van der Waals surface area contributed by atoms with E-state index in [1.165, 1.54) is 180 Å². The molecule has 0 aliphatic rings. The van der Waals surface area contributed by atoms with Gasteiger partial charge < -0.3 is 14.2 Å². The third-order valence-corrected chi connectivity index (χ3v) is 12.3. The van der Waals surface area contributed by atoms with Crippen LogP contribution < -0.4 is 0 Å².